The molecule has 0 aliphatic heterocycles. The third kappa shape index (κ3) is 3.85. The number of aromatic nitrogens is 1. The van der Waals surface area contributed by atoms with Crippen LogP contribution in [-0.2, 0) is 9.53 Å². The second-order valence-corrected chi connectivity index (χ2v) is 4.20. The summed E-state index contributed by atoms with van der Waals surface area (Å²) in [5.41, 5.74) is 0.139. The smallest absolute Gasteiger partial charge is 0.340 e. The van der Waals surface area contributed by atoms with Crippen LogP contribution in [0.5, 0.6) is 0 Å². The lowest BCUT2D eigenvalue weighted by Crippen LogP contribution is -2.35. The van der Waals surface area contributed by atoms with E-state index in [4.69, 9.17) is 27.9 Å². The molecule has 0 saturated carbocycles. The van der Waals surface area contributed by atoms with Crippen molar-refractivity contribution in [2.24, 2.45) is 0 Å². The van der Waals surface area contributed by atoms with Gasteiger partial charge >= 0.3 is 5.97 Å². The van der Waals surface area contributed by atoms with Crippen LogP contribution in [0.25, 0.3) is 0 Å². The largest absolute Gasteiger partial charge is 0.449 e. The molecule has 0 aromatic carbocycles. The van der Waals surface area contributed by atoms with Crippen LogP contribution in [0.4, 0.5) is 0 Å². The number of amides is 1. The summed E-state index contributed by atoms with van der Waals surface area (Å²) in [6, 6.07) is 1.34. The zero-order chi connectivity index (χ0) is 13.7. The number of nitrogens with zero attached hydrogens (tertiary/aromatic N) is 1. The van der Waals surface area contributed by atoms with Crippen LogP contribution >= 0.6 is 23.2 Å². The van der Waals surface area contributed by atoms with E-state index in [1.165, 1.54) is 19.2 Å². The molecule has 0 radical (unpaired) electrons. The number of pyridine rings is 1. The van der Waals surface area contributed by atoms with Crippen molar-refractivity contribution in [1.29, 1.82) is 0 Å². The number of halogens is 2. The summed E-state index contributed by atoms with van der Waals surface area (Å²) in [6.45, 7) is 3.72. The van der Waals surface area contributed by atoms with E-state index < -0.39 is 12.1 Å². The fraction of sp³-hybridized carbons (Fsp3) is 0.364. The van der Waals surface area contributed by atoms with Gasteiger partial charge in [0.05, 0.1) is 10.6 Å². The van der Waals surface area contributed by atoms with Gasteiger partial charge in [0.15, 0.2) is 6.10 Å². The molecular formula is C11H12Cl2N2O3. The molecule has 0 fully saturated rings. The first kappa shape index (κ1) is 14.7. The van der Waals surface area contributed by atoms with E-state index in [1.807, 2.05) is 0 Å². The molecule has 7 heteroatoms. The van der Waals surface area contributed by atoms with E-state index in [2.05, 4.69) is 10.3 Å². The highest BCUT2D eigenvalue weighted by atomic mass is 35.5. The predicted molar refractivity (Wildman–Crippen MR) is 67.8 cm³/mol. The van der Waals surface area contributed by atoms with Crippen LogP contribution in [0.3, 0.4) is 0 Å². The van der Waals surface area contributed by atoms with E-state index >= 15 is 0 Å². The van der Waals surface area contributed by atoms with Crippen molar-refractivity contribution in [1.82, 2.24) is 10.3 Å². The van der Waals surface area contributed by atoms with Crippen LogP contribution in [0.1, 0.15) is 24.2 Å². The Bertz CT molecular complexity index is 466. The molecule has 1 aromatic heterocycles. The lowest BCUT2D eigenvalue weighted by Gasteiger charge is -2.12. The molecule has 0 spiro atoms. The molecule has 1 rings (SSSR count). The number of hydrogen-bond acceptors (Lipinski definition) is 4. The molecule has 0 aliphatic carbocycles. The molecule has 98 valence electrons. The van der Waals surface area contributed by atoms with E-state index in [9.17, 15) is 9.59 Å². The Labute approximate surface area is 114 Å². The normalized spacial score (nSPS) is 11.8. The third-order valence-corrected chi connectivity index (χ3v) is 2.72. The van der Waals surface area contributed by atoms with Gasteiger partial charge in [0, 0.05) is 12.7 Å². The number of likely N-dealkylation sites (N-methyl/N-ethyl adjacent to an activating group) is 1. The number of ether oxygens (including phenoxy) is 1. The standard InChI is InChI=1S/C11H12Cl2N2O3/c1-3-14-10(16)6(2)18-11(17)7-4-8(12)9(13)15-5-7/h4-6H,3H2,1-2H3,(H,14,16)/t6-/m1/s1. The first-order valence-electron chi connectivity index (χ1n) is 5.25. The number of hydrogen-bond donors (Lipinski definition) is 1. The summed E-state index contributed by atoms with van der Waals surface area (Å²) < 4.78 is 4.95. The number of nitrogens with one attached hydrogen (secondary N) is 1. The molecule has 5 nitrogen and oxygen atoms in total. The minimum Gasteiger partial charge on any atom is -0.449 e. The van der Waals surface area contributed by atoms with Gasteiger partial charge in [-0.15, -0.1) is 0 Å². The van der Waals surface area contributed by atoms with E-state index in [0.29, 0.717) is 6.54 Å². The van der Waals surface area contributed by atoms with Crippen molar-refractivity contribution in [3.8, 4) is 0 Å². The molecule has 0 bridgehead atoms. The van der Waals surface area contributed by atoms with Crippen molar-refractivity contribution < 1.29 is 14.3 Å². The number of carbonyl (C=O) groups excluding carboxylic acids is 2. The lowest BCUT2D eigenvalue weighted by molar-refractivity contribution is -0.128. The van der Waals surface area contributed by atoms with Gasteiger partial charge in [-0.3, -0.25) is 4.79 Å². The fourth-order valence-electron chi connectivity index (χ4n) is 1.13. The Morgan fingerprint density at radius 3 is 2.72 bits per heavy atom. The van der Waals surface area contributed by atoms with Crippen LogP contribution in [0.15, 0.2) is 12.3 Å². The molecule has 1 atom stereocenters. The number of rotatable bonds is 4. The zero-order valence-electron chi connectivity index (χ0n) is 9.87. The Kier molecular flexibility index (Phi) is 5.37. The predicted octanol–water partition coefficient (Wildman–Crippen LogP) is 2.07. The summed E-state index contributed by atoms with van der Waals surface area (Å²) in [5, 5.41) is 2.80. The minimum absolute atomic E-state index is 0.102. The molecule has 0 unspecified atom stereocenters. The van der Waals surface area contributed by atoms with E-state index in [-0.39, 0.29) is 21.6 Å². The maximum atomic E-state index is 11.7. The van der Waals surface area contributed by atoms with Gasteiger partial charge in [-0.25, -0.2) is 9.78 Å². The van der Waals surface area contributed by atoms with Crippen LogP contribution < -0.4 is 5.32 Å². The highest BCUT2D eigenvalue weighted by Crippen LogP contribution is 2.20. The number of esters is 1. The SMILES string of the molecule is CCNC(=O)[C@@H](C)OC(=O)c1cnc(Cl)c(Cl)c1. The van der Waals surface area contributed by atoms with Crippen molar-refractivity contribution in [3.05, 3.63) is 28.0 Å². The van der Waals surface area contributed by atoms with Crippen molar-refractivity contribution in [2.75, 3.05) is 6.54 Å². The molecule has 1 amide bonds. The monoisotopic (exact) mass is 290 g/mol. The fourth-order valence-corrected chi connectivity index (χ4v) is 1.40. The van der Waals surface area contributed by atoms with Crippen molar-refractivity contribution >= 4 is 35.1 Å². The maximum absolute atomic E-state index is 11.7. The van der Waals surface area contributed by atoms with E-state index in [0.717, 1.165) is 0 Å². The molecule has 1 heterocycles. The summed E-state index contributed by atoms with van der Waals surface area (Å²) in [4.78, 5) is 26.8. The van der Waals surface area contributed by atoms with Crippen LogP contribution in [0, 0.1) is 0 Å². The molecule has 1 N–H and O–H groups in total. The Morgan fingerprint density at radius 2 is 2.17 bits per heavy atom. The highest BCUT2D eigenvalue weighted by molar-refractivity contribution is 6.41. The van der Waals surface area contributed by atoms with Gasteiger partial charge in [0.1, 0.15) is 5.15 Å². The topological polar surface area (TPSA) is 68.3 Å². The van der Waals surface area contributed by atoms with Crippen molar-refractivity contribution in [2.45, 2.75) is 20.0 Å². The zero-order valence-corrected chi connectivity index (χ0v) is 11.4. The maximum Gasteiger partial charge on any atom is 0.340 e. The third-order valence-electron chi connectivity index (χ3n) is 2.04. The average Bonchev–Trinajstić information content (AvgIpc) is 2.32. The van der Waals surface area contributed by atoms with Crippen LogP contribution in [-0.4, -0.2) is 29.5 Å². The molecule has 0 saturated heterocycles. The molecule has 0 aliphatic rings. The first-order chi connectivity index (χ1) is 8.45. The summed E-state index contributed by atoms with van der Waals surface area (Å²) in [6.07, 6.45) is 0.355. The van der Waals surface area contributed by atoms with Gasteiger partial charge in [0.25, 0.3) is 5.91 Å². The summed E-state index contributed by atoms with van der Waals surface area (Å²) >= 11 is 11.3. The summed E-state index contributed by atoms with van der Waals surface area (Å²) in [7, 11) is 0. The lowest BCUT2D eigenvalue weighted by atomic mass is 10.3. The van der Waals surface area contributed by atoms with Crippen LogP contribution in [0.2, 0.25) is 10.2 Å². The second-order valence-electron chi connectivity index (χ2n) is 3.44. The quantitative estimate of drug-likeness (QED) is 0.681. The molecular weight excluding hydrogens is 279 g/mol. The van der Waals surface area contributed by atoms with Gasteiger partial charge < -0.3 is 10.1 Å². The van der Waals surface area contributed by atoms with Gasteiger partial charge in [0.2, 0.25) is 0 Å². The van der Waals surface area contributed by atoms with Gasteiger partial charge in [-0.1, -0.05) is 23.2 Å². The summed E-state index contributed by atoms with van der Waals surface area (Å²) in [5.74, 6) is -1.04. The highest BCUT2D eigenvalue weighted by Gasteiger charge is 2.19. The Morgan fingerprint density at radius 1 is 1.50 bits per heavy atom. The van der Waals surface area contributed by atoms with E-state index in [1.54, 1.807) is 6.92 Å². The minimum atomic E-state index is -0.882. The second kappa shape index (κ2) is 6.56. The Balaban J connectivity index is 2.70. The molecule has 18 heavy (non-hydrogen) atoms. The van der Waals surface area contributed by atoms with Gasteiger partial charge in [-0.2, -0.15) is 0 Å². The van der Waals surface area contributed by atoms with Crippen molar-refractivity contribution in [3.63, 3.8) is 0 Å². The average molecular weight is 291 g/mol. The Hall–Kier alpha value is -1.33. The molecule has 1 aromatic rings. The number of carbonyl (C=O) groups is 2. The first-order valence-corrected chi connectivity index (χ1v) is 6.01. The van der Waals surface area contributed by atoms with Gasteiger partial charge in [-0.05, 0) is 19.9 Å².